The van der Waals surface area contributed by atoms with Crippen molar-refractivity contribution in [1.82, 2.24) is 0 Å². The summed E-state index contributed by atoms with van der Waals surface area (Å²) in [5.74, 6) is 1.36. The summed E-state index contributed by atoms with van der Waals surface area (Å²) in [4.78, 5) is 11.1. The molecule has 0 radical (unpaired) electrons. The van der Waals surface area contributed by atoms with Gasteiger partial charge in [0.2, 0.25) is 0 Å². The summed E-state index contributed by atoms with van der Waals surface area (Å²) in [6.07, 6.45) is 0.584. The zero-order valence-electron chi connectivity index (χ0n) is 9.04. The van der Waals surface area contributed by atoms with Crippen LogP contribution in [0.2, 0.25) is 0 Å². The zero-order chi connectivity index (χ0) is 10.8. The summed E-state index contributed by atoms with van der Waals surface area (Å²) in [6.45, 7) is 2.46. The highest BCUT2D eigenvalue weighted by Gasteiger charge is 2.26. The van der Waals surface area contributed by atoms with E-state index in [2.05, 4.69) is 5.32 Å². The average Bonchev–Trinajstić information content (AvgIpc) is 2.61. The van der Waals surface area contributed by atoms with Crippen LogP contribution in [0, 0.1) is 0 Å². The topological polar surface area (TPSA) is 38.3 Å². The Morgan fingerprint density at radius 3 is 3.07 bits per heavy atom. The van der Waals surface area contributed by atoms with Gasteiger partial charge in [0, 0.05) is 30.1 Å². The fourth-order valence-corrected chi connectivity index (χ4v) is 2.15. The van der Waals surface area contributed by atoms with Crippen LogP contribution in [0.15, 0.2) is 18.2 Å². The largest absolute Gasteiger partial charge is 0.496 e. The summed E-state index contributed by atoms with van der Waals surface area (Å²) < 4.78 is 5.32. The minimum absolute atomic E-state index is 0.223. The van der Waals surface area contributed by atoms with Crippen LogP contribution in [0.5, 0.6) is 5.75 Å². The normalized spacial score (nSPS) is 18.1. The van der Waals surface area contributed by atoms with Crippen LogP contribution in [0.1, 0.15) is 24.8 Å². The molecule has 0 bridgehead atoms. The standard InChI is InChI=1S/C12H15NO2/c1-8(14)6-9-7-13-10-4-3-5-11(15-2)12(9)10/h3-5,9,13H,6-7H2,1-2H3. The van der Waals surface area contributed by atoms with Gasteiger partial charge >= 0.3 is 0 Å². The number of anilines is 1. The van der Waals surface area contributed by atoms with Crippen molar-refractivity contribution in [1.29, 1.82) is 0 Å². The predicted octanol–water partition coefficient (Wildman–Crippen LogP) is 2.18. The van der Waals surface area contributed by atoms with Crippen LogP contribution in [-0.4, -0.2) is 19.4 Å². The molecular weight excluding hydrogens is 190 g/mol. The van der Waals surface area contributed by atoms with Gasteiger partial charge in [-0.15, -0.1) is 0 Å². The molecule has 1 heterocycles. The van der Waals surface area contributed by atoms with Crippen molar-refractivity contribution >= 4 is 11.5 Å². The second-order valence-corrected chi connectivity index (χ2v) is 3.91. The van der Waals surface area contributed by atoms with Gasteiger partial charge < -0.3 is 14.8 Å². The molecule has 1 aliphatic rings. The molecule has 1 unspecified atom stereocenters. The molecule has 1 aromatic carbocycles. The van der Waals surface area contributed by atoms with Gasteiger partial charge in [0.25, 0.3) is 0 Å². The van der Waals surface area contributed by atoms with E-state index in [1.165, 1.54) is 0 Å². The van der Waals surface area contributed by atoms with E-state index in [-0.39, 0.29) is 11.7 Å². The molecule has 0 aromatic heterocycles. The van der Waals surface area contributed by atoms with Crippen LogP contribution < -0.4 is 10.1 Å². The lowest BCUT2D eigenvalue weighted by Gasteiger charge is -2.11. The highest BCUT2D eigenvalue weighted by atomic mass is 16.5. The molecule has 3 heteroatoms. The van der Waals surface area contributed by atoms with E-state index in [4.69, 9.17) is 4.74 Å². The van der Waals surface area contributed by atoms with Gasteiger partial charge in [-0.3, -0.25) is 0 Å². The molecule has 1 aromatic rings. The molecule has 15 heavy (non-hydrogen) atoms. The monoisotopic (exact) mass is 205 g/mol. The van der Waals surface area contributed by atoms with Crippen LogP contribution in [-0.2, 0) is 4.79 Å². The first-order valence-corrected chi connectivity index (χ1v) is 5.12. The van der Waals surface area contributed by atoms with Crippen molar-refractivity contribution in [3.05, 3.63) is 23.8 Å². The van der Waals surface area contributed by atoms with E-state index in [0.29, 0.717) is 6.42 Å². The SMILES string of the molecule is COc1cccc2c1C(CC(C)=O)CN2. The Bertz CT molecular complexity index is 387. The number of nitrogens with one attached hydrogen (secondary N) is 1. The van der Waals surface area contributed by atoms with Crippen molar-refractivity contribution in [2.24, 2.45) is 0 Å². The van der Waals surface area contributed by atoms with E-state index >= 15 is 0 Å². The maximum atomic E-state index is 11.1. The molecule has 1 N–H and O–H groups in total. The van der Waals surface area contributed by atoms with Crippen LogP contribution in [0.25, 0.3) is 0 Å². The maximum absolute atomic E-state index is 11.1. The van der Waals surface area contributed by atoms with Gasteiger partial charge in [-0.2, -0.15) is 0 Å². The quantitative estimate of drug-likeness (QED) is 0.822. The summed E-state index contributed by atoms with van der Waals surface area (Å²) in [5, 5.41) is 3.30. The Labute approximate surface area is 89.4 Å². The Hall–Kier alpha value is -1.51. The van der Waals surface area contributed by atoms with E-state index in [9.17, 15) is 4.79 Å². The third-order valence-corrected chi connectivity index (χ3v) is 2.77. The number of hydrogen-bond acceptors (Lipinski definition) is 3. The molecule has 0 fully saturated rings. The van der Waals surface area contributed by atoms with E-state index in [1.54, 1.807) is 14.0 Å². The fraction of sp³-hybridized carbons (Fsp3) is 0.417. The lowest BCUT2D eigenvalue weighted by Crippen LogP contribution is -2.07. The van der Waals surface area contributed by atoms with E-state index < -0.39 is 0 Å². The lowest BCUT2D eigenvalue weighted by atomic mass is 9.95. The lowest BCUT2D eigenvalue weighted by molar-refractivity contribution is -0.117. The number of carbonyl (C=O) groups excluding carboxylic acids is 1. The predicted molar refractivity (Wildman–Crippen MR) is 59.5 cm³/mol. The van der Waals surface area contributed by atoms with Gasteiger partial charge in [-0.25, -0.2) is 0 Å². The molecule has 80 valence electrons. The van der Waals surface area contributed by atoms with Crippen molar-refractivity contribution in [2.75, 3.05) is 19.0 Å². The molecule has 0 spiro atoms. The summed E-state index contributed by atoms with van der Waals surface area (Å²) in [7, 11) is 1.67. The van der Waals surface area contributed by atoms with Gasteiger partial charge in [0.05, 0.1) is 7.11 Å². The Kier molecular flexibility index (Phi) is 2.62. The summed E-state index contributed by atoms with van der Waals surface area (Å²) in [6, 6.07) is 5.93. The van der Waals surface area contributed by atoms with Crippen molar-refractivity contribution in [3.8, 4) is 5.75 Å². The van der Waals surface area contributed by atoms with Crippen molar-refractivity contribution in [3.63, 3.8) is 0 Å². The summed E-state index contributed by atoms with van der Waals surface area (Å²) >= 11 is 0. The molecule has 1 atom stereocenters. The first-order chi connectivity index (χ1) is 7.22. The number of ether oxygens (including phenoxy) is 1. The molecule has 0 amide bonds. The van der Waals surface area contributed by atoms with Crippen molar-refractivity contribution < 1.29 is 9.53 Å². The number of fused-ring (bicyclic) bond motifs is 1. The third kappa shape index (κ3) is 1.82. The smallest absolute Gasteiger partial charge is 0.130 e. The van der Waals surface area contributed by atoms with Gasteiger partial charge in [-0.1, -0.05) is 6.07 Å². The van der Waals surface area contributed by atoms with Gasteiger partial charge in [0.15, 0.2) is 0 Å². The summed E-state index contributed by atoms with van der Waals surface area (Å²) in [5.41, 5.74) is 2.25. The molecule has 2 rings (SSSR count). The minimum Gasteiger partial charge on any atom is -0.496 e. The Morgan fingerprint density at radius 1 is 1.60 bits per heavy atom. The first kappa shape index (κ1) is 10.0. The maximum Gasteiger partial charge on any atom is 0.130 e. The van der Waals surface area contributed by atoms with Crippen LogP contribution >= 0.6 is 0 Å². The number of benzene rings is 1. The second kappa shape index (κ2) is 3.93. The number of methoxy groups -OCH3 is 1. The molecule has 3 nitrogen and oxygen atoms in total. The molecular formula is C12H15NO2. The van der Waals surface area contributed by atoms with Gasteiger partial charge in [-0.05, 0) is 19.1 Å². The number of rotatable bonds is 3. The highest BCUT2D eigenvalue weighted by molar-refractivity contribution is 5.78. The number of hydrogen-bond donors (Lipinski definition) is 1. The van der Waals surface area contributed by atoms with Crippen molar-refractivity contribution in [2.45, 2.75) is 19.3 Å². The molecule has 1 aliphatic heterocycles. The number of carbonyl (C=O) groups is 1. The molecule has 0 aliphatic carbocycles. The average molecular weight is 205 g/mol. The third-order valence-electron chi connectivity index (χ3n) is 2.77. The zero-order valence-corrected chi connectivity index (χ0v) is 9.04. The Balaban J connectivity index is 2.35. The Morgan fingerprint density at radius 2 is 2.40 bits per heavy atom. The molecule has 0 saturated carbocycles. The first-order valence-electron chi connectivity index (χ1n) is 5.12. The van der Waals surface area contributed by atoms with Crippen LogP contribution in [0.4, 0.5) is 5.69 Å². The number of Topliss-reactive ketones (excluding diaryl/α,β-unsaturated/α-hetero) is 1. The second-order valence-electron chi connectivity index (χ2n) is 3.91. The molecule has 0 saturated heterocycles. The number of ketones is 1. The van der Waals surface area contributed by atoms with Gasteiger partial charge in [0.1, 0.15) is 11.5 Å². The minimum atomic E-state index is 0.223. The highest BCUT2D eigenvalue weighted by Crippen LogP contribution is 2.40. The van der Waals surface area contributed by atoms with E-state index in [1.807, 2.05) is 18.2 Å². The van der Waals surface area contributed by atoms with E-state index in [0.717, 1.165) is 23.5 Å². The fourth-order valence-electron chi connectivity index (χ4n) is 2.15. The van der Waals surface area contributed by atoms with Crippen LogP contribution in [0.3, 0.4) is 0 Å².